The van der Waals surface area contributed by atoms with Crippen LogP contribution in [-0.4, -0.2) is 23.5 Å². The van der Waals surface area contributed by atoms with Gasteiger partial charge in [0.05, 0.1) is 11.1 Å². The van der Waals surface area contributed by atoms with Gasteiger partial charge >= 0.3 is 11.5 Å². The maximum Gasteiger partial charge on any atom is 0.446 e. The molecule has 0 fully saturated rings. The molecule has 2 rings (SSSR count). The zero-order valence-corrected chi connectivity index (χ0v) is 14.8. The quantitative estimate of drug-likeness (QED) is 0.594. The molecular formula is C16H11F3N2O3S2. The topological polar surface area (TPSA) is 79.2 Å². The van der Waals surface area contributed by atoms with Crippen LogP contribution in [0.15, 0.2) is 40.6 Å². The lowest BCUT2D eigenvalue weighted by atomic mass is 10.2. The number of hydrogen-bond acceptors (Lipinski definition) is 6. The number of esters is 1. The molecule has 1 N–H and O–H groups in total. The maximum atomic E-state index is 12.3. The third kappa shape index (κ3) is 5.50. The van der Waals surface area contributed by atoms with Crippen molar-refractivity contribution in [1.29, 1.82) is 5.26 Å². The number of amides is 1. The number of thioether (sulfide) groups is 1. The van der Waals surface area contributed by atoms with E-state index in [9.17, 15) is 22.8 Å². The van der Waals surface area contributed by atoms with E-state index in [1.807, 2.05) is 6.07 Å². The van der Waals surface area contributed by atoms with E-state index in [0.717, 1.165) is 23.5 Å². The fraction of sp³-hybridized carbons (Fsp3) is 0.188. The summed E-state index contributed by atoms with van der Waals surface area (Å²) in [6.07, 6.45) is -1.15. The summed E-state index contributed by atoms with van der Waals surface area (Å²) < 4.78 is 41.8. The standard InChI is InChI=1S/C16H11F3N2O3S2/c1-9(13(22)21-14-11(8-20)6-7-25-14)24-15(23)10-2-4-12(5-3-10)26-16(17,18)19/h2-7,9H,1H3,(H,21,22)/t9-/m0/s1. The van der Waals surface area contributed by atoms with Gasteiger partial charge in [-0.1, -0.05) is 0 Å². The average Bonchev–Trinajstić information content (AvgIpc) is 3.01. The Hall–Kier alpha value is -2.51. The van der Waals surface area contributed by atoms with Crippen LogP contribution in [0.4, 0.5) is 18.2 Å². The van der Waals surface area contributed by atoms with E-state index in [4.69, 9.17) is 10.00 Å². The molecule has 0 aliphatic rings. The molecule has 0 saturated heterocycles. The molecule has 2 aromatic rings. The fourth-order valence-electron chi connectivity index (χ4n) is 1.78. The second-order valence-electron chi connectivity index (χ2n) is 4.88. The van der Waals surface area contributed by atoms with Crippen LogP contribution in [0.5, 0.6) is 0 Å². The van der Waals surface area contributed by atoms with Gasteiger partial charge in [0.15, 0.2) is 6.10 Å². The van der Waals surface area contributed by atoms with Gasteiger partial charge in [0.1, 0.15) is 11.1 Å². The zero-order chi connectivity index (χ0) is 19.3. The van der Waals surface area contributed by atoms with Crippen molar-refractivity contribution >= 4 is 40.0 Å². The van der Waals surface area contributed by atoms with Gasteiger partial charge < -0.3 is 10.1 Å². The van der Waals surface area contributed by atoms with Crippen LogP contribution in [0.25, 0.3) is 0 Å². The van der Waals surface area contributed by atoms with Gasteiger partial charge in [-0.2, -0.15) is 18.4 Å². The molecule has 1 amide bonds. The van der Waals surface area contributed by atoms with Gasteiger partial charge in [0, 0.05) is 4.90 Å². The van der Waals surface area contributed by atoms with Crippen LogP contribution in [-0.2, 0) is 9.53 Å². The number of halogens is 3. The summed E-state index contributed by atoms with van der Waals surface area (Å²) in [5, 5.41) is 13.4. The van der Waals surface area contributed by atoms with Crippen LogP contribution in [0.2, 0.25) is 0 Å². The van der Waals surface area contributed by atoms with E-state index in [1.165, 1.54) is 25.1 Å². The third-order valence-electron chi connectivity index (χ3n) is 3.00. The highest BCUT2D eigenvalue weighted by molar-refractivity contribution is 8.00. The first-order valence-electron chi connectivity index (χ1n) is 7.05. The zero-order valence-electron chi connectivity index (χ0n) is 13.2. The Morgan fingerprint density at radius 3 is 2.50 bits per heavy atom. The number of benzene rings is 1. The number of rotatable bonds is 5. The van der Waals surface area contributed by atoms with Crippen LogP contribution >= 0.6 is 23.1 Å². The number of anilines is 1. The lowest BCUT2D eigenvalue weighted by molar-refractivity contribution is -0.123. The summed E-state index contributed by atoms with van der Waals surface area (Å²) in [7, 11) is 0. The highest BCUT2D eigenvalue weighted by atomic mass is 32.2. The Bertz CT molecular complexity index is 842. The molecule has 10 heteroatoms. The normalized spacial score (nSPS) is 12.1. The van der Waals surface area contributed by atoms with Crippen LogP contribution in [0, 0.1) is 11.3 Å². The second-order valence-corrected chi connectivity index (χ2v) is 6.94. The van der Waals surface area contributed by atoms with Crippen molar-refractivity contribution in [3.63, 3.8) is 0 Å². The molecule has 0 saturated carbocycles. The summed E-state index contributed by atoms with van der Waals surface area (Å²) in [5.41, 5.74) is -4.11. The summed E-state index contributed by atoms with van der Waals surface area (Å²) in [4.78, 5) is 24.0. The molecule has 0 radical (unpaired) electrons. The number of ether oxygens (including phenoxy) is 1. The number of hydrogen-bond donors (Lipinski definition) is 1. The Morgan fingerprint density at radius 2 is 1.92 bits per heavy atom. The van der Waals surface area contributed by atoms with Crippen LogP contribution in [0.3, 0.4) is 0 Å². The third-order valence-corrected chi connectivity index (χ3v) is 4.57. The Kier molecular flexibility index (Phi) is 6.28. The predicted molar refractivity (Wildman–Crippen MR) is 90.9 cm³/mol. The molecule has 5 nitrogen and oxygen atoms in total. The molecule has 0 aliphatic carbocycles. The number of thiophene rings is 1. The minimum Gasteiger partial charge on any atom is -0.449 e. The van der Waals surface area contributed by atoms with Crippen LogP contribution < -0.4 is 5.32 Å². The average molecular weight is 400 g/mol. The van der Waals surface area contributed by atoms with E-state index in [-0.39, 0.29) is 22.2 Å². The maximum absolute atomic E-state index is 12.3. The van der Waals surface area contributed by atoms with Crippen molar-refractivity contribution in [2.45, 2.75) is 23.4 Å². The number of nitriles is 1. The van der Waals surface area contributed by atoms with E-state index < -0.39 is 23.5 Å². The number of alkyl halides is 3. The molecule has 0 bridgehead atoms. The van der Waals surface area contributed by atoms with Crippen molar-refractivity contribution in [1.82, 2.24) is 0 Å². The highest BCUT2D eigenvalue weighted by Crippen LogP contribution is 2.36. The van der Waals surface area contributed by atoms with Crippen molar-refractivity contribution in [3.05, 3.63) is 46.8 Å². The van der Waals surface area contributed by atoms with Gasteiger partial charge in [0.25, 0.3) is 5.91 Å². The molecule has 1 atom stereocenters. The van der Waals surface area contributed by atoms with E-state index >= 15 is 0 Å². The summed E-state index contributed by atoms with van der Waals surface area (Å²) >= 11 is 0.856. The SMILES string of the molecule is C[C@H](OC(=O)c1ccc(SC(F)(F)F)cc1)C(=O)Nc1sccc1C#N. The number of nitrogens with zero attached hydrogens (tertiary/aromatic N) is 1. The molecule has 1 aromatic carbocycles. The lowest BCUT2D eigenvalue weighted by Gasteiger charge is -2.13. The highest BCUT2D eigenvalue weighted by Gasteiger charge is 2.29. The first-order valence-corrected chi connectivity index (χ1v) is 8.74. The van der Waals surface area contributed by atoms with Gasteiger partial charge in [-0.15, -0.1) is 11.3 Å². The Morgan fingerprint density at radius 1 is 1.27 bits per heavy atom. The number of nitrogens with one attached hydrogen (secondary N) is 1. The first kappa shape index (κ1) is 19.8. The van der Waals surface area contributed by atoms with Gasteiger partial charge in [-0.25, -0.2) is 4.79 Å². The van der Waals surface area contributed by atoms with Crippen molar-refractivity contribution in [2.24, 2.45) is 0 Å². The Balaban J connectivity index is 1.96. The van der Waals surface area contributed by atoms with Crippen molar-refractivity contribution in [3.8, 4) is 6.07 Å². The lowest BCUT2D eigenvalue weighted by Crippen LogP contribution is -2.29. The summed E-state index contributed by atoms with van der Waals surface area (Å²) in [6.45, 7) is 1.35. The molecule has 0 aliphatic heterocycles. The molecule has 0 spiro atoms. The van der Waals surface area contributed by atoms with Gasteiger partial charge in [-0.05, 0) is 54.4 Å². The fourth-order valence-corrected chi connectivity index (χ4v) is 3.06. The van der Waals surface area contributed by atoms with Crippen LogP contribution in [0.1, 0.15) is 22.8 Å². The monoisotopic (exact) mass is 400 g/mol. The molecular weight excluding hydrogens is 389 g/mol. The largest absolute Gasteiger partial charge is 0.449 e. The first-order chi connectivity index (χ1) is 12.2. The predicted octanol–water partition coefficient (Wildman–Crippen LogP) is 4.42. The molecule has 1 heterocycles. The van der Waals surface area contributed by atoms with E-state index in [0.29, 0.717) is 10.6 Å². The van der Waals surface area contributed by atoms with E-state index in [1.54, 1.807) is 5.38 Å². The van der Waals surface area contributed by atoms with Crippen molar-refractivity contribution in [2.75, 3.05) is 5.32 Å². The number of carbonyl (C=O) groups is 2. The van der Waals surface area contributed by atoms with Gasteiger partial charge in [0.2, 0.25) is 0 Å². The molecule has 136 valence electrons. The molecule has 1 aromatic heterocycles. The van der Waals surface area contributed by atoms with E-state index in [2.05, 4.69) is 5.32 Å². The van der Waals surface area contributed by atoms with Gasteiger partial charge in [-0.3, -0.25) is 4.79 Å². The molecule has 26 heavy (non-hydrogen) atoms. The number of carbonyl (C=O) groups excluding carboxylic acids is 2. The minimum absolute atomic E-state index is 0.0185. The smallest absolute Gasteiger partial charge is 0.446 e. The molecule has 0 unspecified atom stereocenters. The van der Waals surface area contributed by atoms with Crippen molar-refractivity contribution < 1.29 is 27.5 Å². The summed E-state index contributed by atoms with van der Waals surface area (Å²) in [5.74, 6) is -1.47. The summed E-state index contributed by atoms with van der Waals surface area (Å²) in [6, 6.07) is 8.12. The minimum atomic E-state index is -4.42. The Labute approximate surface area is 154 Å². The second kappa shape index (κ2) is 8.25.